The molecule has 1 aliphatic heterocycles. The van der Waals surface area contributed by atoms with E-state index in [1.54, 1.807) is 35.3 Å². The van der Waals surface area contributed by atoms with Crippen molar-refractivity contribution in [3.8, 4) is 0 Å². The molecule has 1 aromatic carbocycles. The van der Waals surface area contributed by atoms with E-state index in [1.807, 2.05) is 11.9 Å². The quantitative estimate of drug-likeness (QED) is 0.726. The first-order chi connectivity index (χ1) is 12.6. The van der Waals surface area contributed by atoms with Crippen molar-refractivity contribution in [3.05, 3.63) is 53.7 Å². The van der Waals surface area contributed by atoms with Crippen molar-refractivity contribution in [1.29, 1.82) is 0 Å². The second kappa shape index (κ2) is 6.82. The molecule has 0 bridgehead atoms. The summed E-state index contributed by atoms with van der Waals surface area (Å²) < 4.78 is 15.6. The first kappa shape index (κ1) is 16.6. The topological polar surface area (TPSA) is 63.9 Å². The van der Waals surface area contributed by atoms with Gasteiger partial charge in [0, 0.05) is 38.4 Å². The standard InChI is InChI=1S/C19H20FN5O/c1-24-19-18(21-8-9-22-19)17(23-24)14-6-4-10-25(12-14)16(26)11-13-5-2-3-7-15(13)20/h2-3,5,7-9,14H,4,6,10-12H2,1H3. The summed E-state index contributed by atoms with van der Waals surface area (Å²) in [5.41, 5.74) is 2.87. The van der Waals surface area contributed by atoms with Crippen molar-refractivity contribution < 1.29 is 9.18 Å². The summed E-state index contributed by atoms with van der Waals surface area (Å²) in [7, 11) is 1.85. The van der Waals surface area contributed by atoms with Crippen molar-refractivity contribution in [2.24, 2.45) is 7.05 Å². The van der Waals surface area contributed by atoms with Crippen molar-refractivity contribution in [2.45, 2.75) is 25.2 Å². The molecule has 0 saturated carbocycles. The minimum Gasteiger partial charge on any atom is -0.342 e. The molecule has 0 radical (unpaired) electrons. The molecule has 1 atom stereocenters. The third-order valence-electron chi connectivity index (χ3n) is 4.95. The maximum atomic E-state index is 13.8. The van der Waals surface area contributed by atoms with Crippen LogP contribution in [0.1, 0.15) is 30.0 Å². The van der Waals surface area contributed by atoms with Gasteiger partial charge in [0.15, 0.2) is 5.65 Å². The molecular formula is C19H20FN5O. The summed E-state index contributed by atoms with van der Waals surface area (Å²) in [6.45, 7) is 1.27. The molecule has 1 fully saturated rings. The van der Waals surface area contributed by atoms with Crippen LogP contribution in [0.2, 0.25) is 0 Å². The number of aromatic nitrogens is 4. The van der Waals surface area contributed by atoms with Crippen LogP contribution in [0.4, 0.5) is 4.39 Å². The fraction of sp³-hybridized carbons (Fsp3) is 0.368. The molecule has 0 aliphatic carbocycles. The molecule has 1 unspecified atom stereocenters. The molecule has 134 valence electrons. The zero-order valence-corrected chi connectivity index (χ0v) is 14.6. The lowest BCUT2D eigenvalue weighted by atomic mass is 9.94. The van der Waals surface area contributed by atoms with Crippen LogP contribution in [0.3, 0.4) is 0 Å². The van der Waals surface area contributed by atoms with Gasteiger partial charge in [0.05, 0.1) is 12.1 Å². The van der Waals surface area contributed by atoms with Crippen LogP contribution in [-0.4, -0.2) is 43.6 Å². The number of rotatable bonds is 3. The molecular weight excluding hydrogens is 333 g/mol. The maximum Gasteiger partial charge on any atom is 0.227 e. The van der Waals surface area contributed by atoms with Gasteiger partial charge in [-0.25, -0.2) is 19.0 Å². The van der Waals surface area contributed by atoms with Crippen LogP contribution in [0, 0.1) is 5.82 Å². The van der Waals surface area contributed by atoms with E-state index in [2.05, 4.69) is 15.1 Å². The molecule has 26 heavy (non-hydrogen) atoms. The first-order valence-corrected chi connectivity index (χ1v) is 8.78. The third-order valence-corrected chi connectivity index (χ3v) is 4.95. The van der Waals surface area contributed by atoms with E-state index in [-0.39, 0.29) is 24.1 Å². The van der Waals surface area contributed by atoms with Crippen LogP contribution < -0.4 is 0 Å². The molecule has 7 heteroatoms. The molecule has 3 aromatic rings. The molecule has 3 heterocycles. The fourth-order valence-corrected chi connectivity index (χ4v) is 3.62. The van der Waals surface area contributed by atoms with Gasteiger partial charge in [-0.05, 0) is 24.5 Å². The van der Waals surface area contributed by atoms with Gasteiger partial charge in [-0.1, -0.05) is 18.2 Å². The number of amides is 1. The highest BCUT2D eigenvalue weighted by atomic mass is 19.1. The Labute approximate surface area is 150 Å². The summed E-state index contributed by atoms with van der Waals surface area (Å²) in [5.74, 6) is -0.264. The number of carbonyl (C=O) groups is 1. The van der Waals surface area contributed by atoms with Gasteiger partial charge in [-0.15, -0.1) is 0 Å². The molecule has 6 nitrogen and oxygen atoms in total. The van der Waals surface area contributed by atoms with Gasteiger partial charge >= 0.3 is 0 Å². The zero-order valence-electron chi connectivity index (χ0n) is 14.6. The van der Waals surface area contributed by atoms with Gasteiger partial charge < -0.3 is 4.90 Å². The summed E-state index contributed by atoms with van der Waals surface area (Å²) in [5, 5.41) is 4.60. The van der Waals surface area contributed by atoms with E-state index in [0.717, 1.165) is 29.7 Å². The van der Waals surface area contributed by atoms with E-state index < -0.39 is 0 Å². The van der Waals surface area contributed by atoms with Gasteiger partial charge in [0.1, 0.15) is 11.3 Å². The van der Waals surface area contributed by atoms with Crippen molar-refractivity contribution in [1.82, 2.24) is 24.6 Å². The average molecular weight is 353 g/mol. The molecule has 2 aromatic heterocycles. The molecule has 4 rings (SSSR count). The van der Waals surface area contributed by atoms with E-state index in [4.69, 9.17) is 0 Å². The number of hydrogen-bond donors (Lipinski definition) is 0. The highest BCUT2D eigenvalue weighted by Gasteiger charge is 2.29. The lowest BCUT2D eigenvalue weighted by Gasteiger charge is -2.32. The lowest BCUT2D eigenvalue weighted by molar-refractivity contribution is -0.131. The average Bonchev–Trinajstić information content (AvgIpc) is 3.01. The fourth-order valence-electron chi connectivity index (χ4n) is 3.62. The summed E-state index contributed by atoms with van der Waals surface area (Å²) in [6, 6.07) is 6.44. The Kier molecular flexibility index (Phi) is 4.36. The minimum atomic E-state index is -0.333. The van der Waals surface area contributed by atoms with Crippen LogP contribution in [0.15, 0.2) is 36.7 Å². The predicted molar refractivity (Wildman–Crippen MR) is 95.0 cm³/mol. The molecule has 0 spiro atoms. The third kappa shape index (κ3) is 3.05. The van der Waals surface area contributed by atoms with Crippen LogP contribution >= 0.6 is 0 Å². The number of hydrogen-bond acceptors (Lipinski definition) is 4. The Hall–Kier alpha value is -2.83. The number of benzene rings is 1. The molecule has 1 saturated heterocycles. The molecule has 1 aliphatic rings. The Balaban J connectivity index is 1.54. The minimum absolute atomic E-state index is 0.0499. The highest BCUT2D eigenvalue weighted by molar-refractivity contribution is 5.79. The monoisotopic (exact) mass is 353 g/mol. The van der Waals surface area contributed by atoms with E-state index in [9.17, 15) is 9.18 Å². The zero-order chi connectivity index (χ0) is 18.1. The number of likely N-dealkylation sites (tertiary alicyclic amines) is 1. The normalized spacial score (nSPS) is 17.6. The van der Waals surface area contributed by atoms with Crippen molar-refractivity contribution in [3.63, 3.8) is 0 Å². The van der Waals surface area contributed by atoms with Crippen LogP contribution in [-0.2, 0) is 18.3 Å². The second-order valence-electron chi connectivity index (χ2n) is 6.68. The van der Waals surface area contributed by atoms with E-state index >= 15 is 0 Å². The summed E-state index contributed by atoms with van der Waals surface area (Å²) in [4.78, 5) is 23.2. The molecule has 1 amide bonds. The predicted octanol–water partition coefficient (Wildman–Crippen LogP) is 2.45. The highest BCUT2D eigenvalue weighted by Crippen LogP contribution is 2.30. The number of piperidine rings is 1. The number of carbonyl (C=O) groups excluding carboxylic acids is 1. The van der Waals surface area contributed by atoms with Crippen LogP contribution in [0.25, 0.3) is 11.2 Å². The smallest absolute Gasteiger partial charge is 0.227 e. The Morgan fingerprint density at radius 3 is 2.92 bits per heavy atom. The Morgan fingerprint density at radius 2 is 2.08 bits per heavy atom. The lowest BCUT2D eigenvalue weighted by Crippen LogP contribution is -2.40. The number of aryl methyl sites for hydroxylation is 1. The summed E-state index contributed by atoms with van der Waals surface area (Å²) in [6.07, 6.45) is 5.25. The number of halogens is 1. The summed E-state index contributed by atoms with van der Waals surface area (Å²) >= 11 is 0. The van der Waals surface area contributed by atoms with E-state index in [1.165, 1.54) is 6.07 Å². The number of nitrogens with zero attached hydrogens (tertiary/aromatic N) is 5. The van der Waals surface area contributed by atoms with Crippen molar-refractivity contribution in [2.75, 3.05) is 13.1 Å². The van der Waals surface area contributed by atoms with Gasteiger partial charge in [-0.2, -0.15) is 5.10 Å². The van der Waals surface area contributed by atoms with Crippen LogP contribution in [0.5, 0.6) is 0 Å². The van der Waals surface area contributed by atoms with Gasteiger partial charge in [0.2, 0.25) is 5.91 Å². The van der Waals surface area contributed by atoms with Gasteiger partial charge in [-0.3, -0.25) is 4.79 Å². The SMILES string of the molecule is Cn1nc(C2CCCN(C(=O)Cc3ccccc3F)C2)c2nccnc21. The largest absolute Gasteiger partial charge is 0.342 e. The maximum absolute atomic E-state index is 13.8. The molecule has 0 N–H and O–H groups in total. The Morgan fingerprint density at radius 1 is 1.27 bits per heavy atom. The second-order valence-corrected chi connectivity index (χ2v) is 6.68. The number of fused-ring (bicyclic) bond motifs is 1. The Bertz CT molecular complexity index is 954. The van der Waals surface area contributed by atoms with Crippen molar-refractivity contribution >= 4 is 17.1 Å². The van der Waals surface area contributed by atoms with E-state index in [0.29, 0.717) is 18.7 Å². The first-order valence-electron chi connectivity index (χ1n) is 8.78. The van der Waals surface area contributed by atoms with Gasteiger partial charge in [0.25, 0.3) is 0 Å².